The summed E-state index contributed by atoms with van der Waals surface area (Å²) in [5.74, 6) is 0. The molecule has 1 aliphatic heterocycles. The fraction of sp³-hybridized carbons (Fsp3) is 0.353. The van der Waals surface area contributed by atoms with E-state index < -0.39 is 0 Å². The van der Waals surface area contributed by atoms with Gasteiger partial charge in [-0.25, -0.2) is 0 Å². The Kier molecular flexibility index (Phi) is 3.81. The molecule has 0 fully saturated rings. The highest BCUT2D eigenvalue weighted by molar-refractivity contribution is 5.30. The van der Waals surface area contributed by atoms with Gasteiger partial charge in [-0.05, 0) is 36.1 Å². The molecule has 3 heteroatoms. The van der Waals surface area contributed by atoms with Crippen LogP contribution >= 0.6 is 0 Å². The van der Waals surface area contributed by atoms with E-state index in [1.807, 2.05) is 18.5 Å². The van der Waals surface area contributed by atoms with Crippen molar-refractivity contribution in [2.24, 2.45) is 5.73 Å². The van der Waals surface area contributed by atoms with Crippen LogP contribution in [0, 0.1) is 0 Å². The summed E-state index contributed by atoms with van der Waals surface area (Å²) >= 11 is 0. The second-order valence-electron chi connectivity index (χ2n) is 5.58. The van der Waals surface area contributed by atoms with Crippen molar-refractivity contribution >= 4 is 0 Å². The summed E-state index contributed by atoms with van der Waals surface area (Å²) in [5.41, 5.74) is 10.4. The first-order chi connectivity index (χ1) is 9.75. The molecule has 20 heavy (non-hydrogen) atoms. The van der Waals surface area contributed by atoms with E-state index in [-0.39, 0.29) is 12.1 Å². The minimum absolute atomic E-state index is 0.0875. The van der Waals surface area contributed by atoms with Crippen molar-refractivity contribution < 1.29 is 0 Å². The summed E-state index contributed by atoms with van der Waals surface area (Å²) in [5, 5.41) is 0. The molecule has 3 nitrogen and oxygen atoms in total. The first kappa shape index (κ1) is 13.3. The van der Waals surface area contributed by atoms with Gasteiger partial charge in [0.2, 0.25) is 0 Å². The monoisotopic (exact) mass is 267 g/mol. The fourth-order valence-electron chi connectivity index (χ4n) is 3.15. The number of pyridine rings is 1. The average molecular weight is 267 g/mol. The summed E-state index contributed by atoms with van der Waals surface area (Å²) in [6, 6.07) is 13.1. The molecule has 0 aliphatic carbocycles. The Morgan fingerprint density at radius 3 is 2.65 bits per heavy atom. The lowest BCUT2D eigenvalue weighted by molar-refractivity contribution is 0.159. The Bertz CT molecular complexity index is 565. The van der Waals surface area contributed by atoms with Crippen LogP contribution in [0.15, 0.2) is 48.8 Å². The molecule has 2 atom stereocenters. The van der Waals surface area contributed by atoms with Crippen molar-refractivity contribution in [1.29, 1.82) is 0 Å². The minimum Gasteiger partial charge on any atom is -0.326 e. The van der Waals surface area contributed by atoms with Gasteiger partial charge in [-0.3, -0.25) is 9.88 Å². The molecule has 104 valence electrons. The second-order valence-corrected chi connectivity index (χ2v) is 5.58. The molecular formula is C17H21N3. The number of nitrogens with zero attached hydrogens (tertiary/aromatic N) is 2. The lowest BCUT2D eigenvalue weighted by Crippen LogP contribution is -2.42. The first-order valence-corrected chi connectivity index (χ1v) is 7.22. The van der Waals surface area contributed by atoms with Crippen LogP contribution in [0.3, 0.4) is 0 Å². The first-order valence-electron chi connectivity index (χ1n) is 7.22. The van der Waals surface area contributed by atoms with E-state index in [1.165, 1.54) is 16.7 Å². The van der Waals surface area contributed by atoms with Gasteiger partial charge < -0.3 is 5.73 Å². The van der Waals surface area contributed by atoms with Gasteiger partial charge in [0.25, 0.3) is 0 Å². The molecule has 0 saturated carbocycles. The molecule has 2 N–H and O–H groups in total. The van der Waals surface area contributed by atoms with Gasteiger partial charge in [0.05, 0.1) is 6.04 Å². The third-order valence-corrected chi connectivity index (χ3v) is 4.08. The number of nitrogens with two attached hydrogens (primary N) is 1. The number of hydrogen-bond donors (Lipinski definition) is 1. The second kappa shape index (κ2) is 5.73. The topological polar surface area (TPSA) is 42.1 Å². The zero-order valence-corrected chi connectivity index (χ0v) is 11.9. The van der Waals surface area contributed by atoms with Crippen molar-refractivity contribution in [3.05, 3.63) is 65.5 Å². The van der Waals surface area contributed by atoms with Crippen LogP contribution in [-0.2, 0) is 13.0 Å². The maximum atomic E-state index is 6.25. The molecule has 0 spiro atoms. The largest absolute Gasteiger partial charge is 0.326 e. The zero-order chi connectivity index (χ0) is 13.9. The van der Waals surface area contributed by atoms with Gasteiger partial charge in [0, 0.05) is 31.5 Å². The van der Waals surface area contributed by atoms with Crippen LogP contribution in [0.25, 0.3) is 0 Å². The Morgan fingerprint density at radius 1 is 1.15 bits per heavy atom. The van der Waals surface area contributed by atoms with E-state index in [1.54, 1.807) is 0 Å². The molecule has 1 aromatic heterocycles. The molecule has 0 bridgehead atoms. The predicted octanol–water partition coefficient (Wildman–Crippen LogP) is 2.53. The van der Waals surface area contributed by atoms with E-state index >= 15 is 0 Å². The van der Waals surface area contributed by atoms with Crippen molar-refractivity contribution in [2.75, 3.05) is 6.54 Å². The summed E-state index contributed by atoms with van der Waals surface area (Å²) < 4.78 is 0. The molecular weight excluding hydrogens is 246 g/mol. The Hall–Kier alpha value is -1.71. The quantitative estimate of drug-likeness (QED) is 0.929. The molecule has 1 aromatic carbocycles. The molecule has 2 heterocycles. The van der Waals surface area contributed by atoms with Crippen LogP contribution in [0.5, 0.6) is 0 Å². The number of fused-ring (bicyclic) bond motifs is 1. The third-order valence-electron chi connectivity index (χ3n) is 4.08. The molecule has 2 unspecified atom stereocenters. The molecule has 0 saturated heterocycles. The van der Waals surface area contributed by atoms with Crippen molar-refractivity contribution in [3.63, 3.8) is 0 Å². The highest BCUT2D eigenvalue weighted by Gasteiger charge is 2.27. The fourth-order valence-corrected chi connectivity index (χ4v) is 3.15. The lowest BCUT2D eigenvalue weighted by atomic mass is 9.94. The smallest absolute Gasteiger partial charge is 0.0515 e. The van der Waals surface area contributed by atoms with E-state index in [0.29, 0.717) is 0 Å². The number of rotatable bonds is 3. The van der Waals surface area contributed by atoms with Gasteiger partial charge in [-0.2, -0.15) is 0 Å². The summed E-state index contributed by atoms with van der Waals surface area (Å²) in [6.07, 6.45) is 4.85. The van der Waals surface area contributed by atoms with Gasteiger partial charge >= 0.3 is 0 Å². The molecule has 3 rings (SSSR count). The minimum atomic E-state index is 0.0875. The Labute approximate surface area is 120 Å². The van der Waals surface area contributed by atoms with E-state index in [2.05, 4.69) is 47.1 Å². The van der Waals surface area contributed by atoms with Crippen LogP contribution in [0.1, 0.15) is 29.7 Å². The van der Waals surface area contributed by atoms with E-state index in [4.69, 9.17) is 5.73 Å². The van der Waals surface area contributed by atoms with Crippen LogP contribution < -0.4 is 5.73 Å². The number of benzene rings is 1. The normalized spacial score (nSPS) is 18.3. The van der Waals surface area contributed by atoms with E-state index in [0.717, 1.165) is 19.5 Å². The maximum Gasteiger partial charge on any atom is 0.0515 e. The lowest BCUT2D eigenvalue weighted by Gasteiger charge is -2.37. The van der Waals surface area contributed by atoms with Gasteiger partial charge in [0.1, 0.15) is 0 Å². The van der Waals surface area contributed by atoms with Crippen molar-refractivity contribution in [1.82, 2.24) is 9.88 Å². The van der Waals surface area contributed by atoms with E-state index in [9.17, 15) is 0 Å². The average Bonchev–Trinajstić information content (AvgIpc) is 2.48. The molecule has 0 amide bonds. The van der Waals surface area contributed by atoms with Crippen LogP contribution in [-0.4, -0.2) is 22.5 Å². The summed E-state index contributed by atoms with van der Waals surface area (Å²) in [6.45, 7) is 4.10. The van der Waals surface area contributed by atoms with Crippen LogP contribution in [0.2, 0.25) is 0 Å². The highest BCUT2D eigenvalue weighted by atomic mass is 15.2. The molecule has 2 aromatic rings. The summed E-state index contributed by atoms with van der Waals surface area (Å²) in [4.78, 5) is 6.72. The molecule has 0 radical (unpaired) electrons. The third kappa shape index (κ3) is 2.60. The number of hydrogen-bond acceptors (Lipinski definition) is 3. The predicted molar refractivity (Wildman–Crippen MR) is 81.2 cm³/mol. The van der Waals surface area contributed by atoms with Crippen molar-refractivity contribution in [2.45, 2.75) is 32.0 Å². The SMILES string of the molecule is CC(N)C(c1cccnc1)N1CCc2ccccc2C1. The van der Waals surface area contributed by atoms with Gasteiger partial charge in [-0.15, -0.1) is 0 Å². The van der Waals surface area contributed by atoms with Crippen molar-refractivity contribution in [3.8, 4) is 0 Å². The van der Waals surface area contributed by atoms with Gasteiger partial charge in [0.15, 0.2) is 0 Å². The Balaban J connectivity index is 1.87. The van der Waals surface area contributed by atoms with Gasteiger partial charge in [-0.1, -0.05) is 30.3 Å². The molecule has 1 aliphatic rings. The number of aromatic nitrogens is 1. The standard InChI is InChI=1S/C17H21N3/c1-13(18)17(15-7-4-9-19-11-15)20-10-8-14-5-2-3-6-16(14)12-20/h2-7,9,11,13,17H,8,10,12,18H2,1H3. The highest BCUT2D eigenvalue weighted by Crippen LogP contribution is 2.29. The maximum absolute atomic E-state index is 6.25. The van der Waals surface area contributed by atoms with Crippen LogP contribution in [0.4, 0.5) is 0 Å². The zero-order valence-electron chi connectivity index (χ0n) is 11.9. The summed E-state index contributed by atoms with van der Waals surface area (Å²) in [7, 11) is 0. The Morgan fingerprint density at radius 2 is 1.95 bits per heavy atom.